The summed E-state index contributed by atoms with van der Waals surface area (Å²) >= 11 is 0. The van der Waals surface area contributed by atoms with E-state index in [1.807, 2.05) is 6.07 Å². The number of aromatic nitrogens is 4. The first-order valence-corrected chi connectivity index (χ1v) is 5.31. The van der Waals surface area contributed by atoms with Crippen molar-refractivity contribution in [3.8, 4) is 22.9 Å². The van der Waals surface area contributed by atoms with E-state index in [9.17, 15) is 5.11 Å². The zero-order chi connectivity index (χ0) is 12.5. The number of H-pyrrole nitrogens is 1. The lowest BCUT2D eigenvalue weighted by atomic mass is 10.2. The first-order chi connectivity index (χ1) is 8.79. The van der Waals surface area contributed by atoms with Gasteiger partial charge < -0.3 is 14.8 Å². The molecule has 0 saturated carbocycles. The topological polar surface area (TPSA) is 83.9 Å². The first kappa shape index (κ1) is 10.5. The third-order valence-electron chi connectivity index (χ3n) is 2.62. The molecule has 0 aliphatic heterocycles. The molecule has 0 bridgehead atoms. The predicted octanol–water partition coefficient (Wildman–Crippen LogP) is 1.73. The van der Waals surface area contributed by atoms with Gasteiger partial charge in [-0.2, -0.15) is 0 Å². The molecule has 2 N–H and O–H groups in total. The summed E-state index contributed by atoms with van der Waals surface area (Å²) in [5, 5.41) is 9.73. The first-order valence-electron chi connectivity index (χ1n) is 5.31. The van der Waals surface area contributed by atoms with Crippen LogP contribution in [0.1, 0.15) is 0 Å². The van der Waals surface area contributed by atoms with Crippen LogP contribution >= 0.6 is 0 Å². The Hall–Kier alpha value is -2.63. The molecule has 0 saturated heterocycles. The Labute approximate surface area is 102 Å². The number of imidazole rings is 1. The van der Waals surface area contributed by atoms with E-state index in [1.54, 1.807) is 18.3 Å². The Bertz CT molecular complexity index is 675. The van der Waals surface area contributed by atoms with E-state index in [0.29, 0.717) is 22.8 Å². The van der Waals surface area contributed by atoms with Crippen molar-refractivity contribution in [3.63, 3.8) is 0 Å². The van der Waals surface area contributed by atoms with Crippen molar-refractivity contribution in [3.05, 3.63) is 30.7 Å². The number of fused-ring (bicyclic) bond motifs is 1. The highest BCUT2D eigenvalue weighted by Gasteiger charge is 2.13. The number of ether oxygens (including phenoxy) is 1. The lowest BCUT2D eigenvalue weighted by Crippen LogP contribution is -1.89. The number of hydrogen-bond acceptors (Lipinski definition) is 5. The molecule has 0 aliphatic rings. The number of benzene rings is 1. The zero-order valence-electron chi connectivity index (χ0n) is 9.58. The average molecular weight is 242 g/mol. The summed E-state index contributed by atoms with van der Waals surface area (Å²) in [6.45, 7) is 0. The number of nitrogens with one attached hydrogen (secondary N) is 1. The van der Waals surface area contributed by atoms with Gasteiger partial charge in [0.05, 0.1) is 18.9 Å². The van der Waals surface area contributed by atoms with Crippen molar-refractivity contribution < 1.29 is 9.84 Å². The third-order valence-corrected chi connectivity index (χ3v) is 2.62. The Balaban J connectivity index is 2.23. The predicted molar refractivity (Wildman–Crippen MR) is 65.3 cm³/mol. The molecule has 0 radical (unpaired) electrons. The molecular weight excluding hydrogens is 232 g/mol. The highest BCUT2D eigenvalue weighted by molar-refractivity contribution is 5.78. The number of methoxy groups -OCH3 is 1. The van der Waals surface area contributed by atoms with Gasteiger partial charge in [0, 0.05) is 0 Å². The summed E-state index contributed by atoms with van der Waals surface area (Å²) in [7, 11) is 1.50. The highest BCUT2D eigenvalue weighted by atomic mass is 16.5. The van der Waals surface area contributed by atoms with Crippen molar-refractivity contribution in [2.75, 3.05) is 7.11 Å². The fourth-order valence-electron chi connectivity index (χ4n) is 1.82. The molecule has 3 aromatic rings. The van der Waals surface area contributed by atoms with Gasteiger partial charge in [-0.1, -0.05) is 6.07 Å². The monoisotopic (exact) mass is 242 g/mol. The fraction of sp³-hybridized carbons (Fsp3) is 0.0833. The largest absolute Gasteiger partial charge is 0.504 e. The van der Waals surface area contributed by atoms with Gasteiger partial charge in [0.15, 0.2) is 17.1 Å². The summed E-state index contributed by atoms with van der Waals surface area (Å²) in [6, 6.07) is 5.10. The number of nitrogens with zero attached hydrogens (tertiary/aromatic N) is 3. The number of phenolic OH excluding ortho intramolecular Hbond substituents is 1. The lowest BCUT2D eigenvalue weighted by Gasteiger charge is -2.07. The van der Waals surface area contributed by atoms with Crippen LogP contribution in [-0.2, 0) is 0 Å². The Morgan fingerprint density at radius 3 is 3.00 bits per heavy atom. The Morgan fingerprint density at radius 1 is 1.33 bits per heavy atom. The molecule has 0 atom stereocenters. The highest BCUT2D eigenvalue weighted by Crippen LogP contribution is 2.36. The summed E-state index contributed by atoms with van der Waals surface area (Å²) in [4.78, 5) is 15.4. The van der Waals surface area contributed by atoms with Crippen LogP contribution in [-0.4, -0.2) is 32.2 Å². The van der Waals surface area contributed by atoms with Gasteiger partial charge in [0.1, 0.15) is 17.7 Å². The number of aromatic amines is 1. The molecule has 3 rings (SSSR count). The van der Waals surface area contributed by atoms with E-state index in [-0.39, 0.29) is 5.75 Å². The minimum absolute atomic E-state index is 0.0709. The molecule has 90 valence electrons. The summed E-state index contributed by atoms with van der Waals surface area (Å²) in [5.74, 6) is 1.03. The van der Waals surface area contributed by atoms with Crippen molar-refractivity contribution >= 4 is 11.2 Å². The number of phenols is 1. The second kappa shape index (κ2) is 3.99. The number of para-hydroxylation sites is 1. The molecule has 2 aromatic heterocycles. The van der Waals surface area contributed by atoms with Gasteiger partial charge in [-0.15, -0.1) is 0 Å². The number of rotatable bonds is 2. The molecular formula is C12H10N4O2. The smallest absolute Gasteiger partial charge is 0.181 e. The normalized spacial score (nSPS) is 10.7. The quantitative estimate of drug-likeness (QED) is 0.715. The van der Waals surface area contributed by atoms with Crippen LogP contribution in [0.4, 0.5) is 0 Å². The molecule has 0 unspecified atom stereocenters. The third kappa shape index (κ3) is 1.55. The van der Waals surface area contributed by atoms with E-state index < -0.39 is 0 Å². The minimum atomic E-state index is 0.0709. The summed E-state index contributed by atoms with van der Waals surface area (Å²) in [5.41, 5.74) is 1.98. The van der Waals surface area contributed by atoms with Gasteiger partial charge in [-0.3, -0.25) is 0 Å². The molecule has 0 spiro atoms. The van der Waals surface area contributed by atoms with Crippen LogP contribution in [0, 0.1) is 0 Å². The summed E-state index contributed by atoms with van der Waals surface area (Å²) in [6.07, 6.45) is 3.08. The van der Waals surface area contributed by atoms with Gasteiger partial charge in [0.2, 0.25) is 0 Å². The molecule has 6 heteroatoms. The van der Waals surface area contributed by atoms with Crippen molar-refractivity contribution in [1.82, 2.24) is 19.9 Å². The number of aromatic hydroxyl groups is 1. The van der Waals surface area contributed by atoms with Crippen molar-refractivity contribution in [1.29, 1.82) is 0 Å². The molecule has 2 heterocycles. The SMILES string of the molecule is COc1c(O)cccc1-c1nc2ncncc2[nH]1. The van der Waals surface area contributed by atoms with E-state index >= 15 is 0 Å². The van der Waals surface area contributed by atoms with Crippen LogP contribution in [0.3, 0.4) is 0 Å². The second-order valence-electron chi connectivity index (χ2n) is 3.70. The maximum atomic E-state index is 9.73. The number of hydrogen-bond donors (Lipinski definition) is 2. The lowest BCUT2D eigenvalue weighted by molar-refractivity contribution is 0.375. The van der Waals surface area contributed by atoms with E-state index in [4.69, 9.17) is 4.74 Å². The maximum absolute atomic E-state index is 9.73. The van der Waals surface area contributed by atoms with Gasteiger partial charge in [-0.05, 0) is 12.1 Å². The van der Waals surface area contributed by atoms with E-state index in [2.05, 4.69) is 19.9 Å². The van der Waals surface area contributed by atoms with Gasteiger partial charge in [0.25, 0.3) is 0 Å². The van der Waals surface area contributed by atoms with Crippen LogP contribution in [0.25, 0.3) is 22.6 Å². The molecule has 18 heavy (non-hydrogen) atoms. The molecule has 0 amide bonds. The Kier molecular flexibility index (Phi) is 2.33. The van der Waals surface area contributed by atoms with E-state index in [0.717, 1.165) is 5.52 Å². The Morgan fingerprint density at radius 2 is 2.22 bits per heavy atom. The molecule has 1 aromatic carbocycles. The second-order valence-corrected chi connectivity index (χ2v) is 3.70. The molecule has 0 aliphatic carbocycles. The molecule has 6 nitrogen and oxygen atoms in total. The standard InChI is InChI=1S/C12H10N4O2/c1-18-10-7(3-2-4-9(10)17)11-15-8-5-13-6-14-12(8)16-11/h2-6,17H,1H3,(H,13,14,15,16). The fourth-order valence-corrected chi connectivity index (χ4v) is 1.82. The van der Waals surface area contributed by atoms with Crippen LogP contribution < -0.4 is 4.74 Å². The summed E-state index contributed by atoms with van der Waals surface area (Å²) < 4.78 is 5.18. The van der Waals surface area contributed by atoms with Gasteiger partial charge >= 0.3 is 0 Å². The van der Waals surface area contributed by atoms with Crippen LogP contribution in [0.15, 0.2) is 30.7 Å². The zero-order valence-corrected chi connectivity index (χ0v) is 9.58. The van der Waals surface area contributed by atoms with E-state index in [1.165, 1.54) is 13.4 Å². The average Bonchev–Trinajstić information content (AvgIpc) is 2.82. The molecule has 0 fully saturated rings. The van der Waals surface area contributed by atoms with Crippen molar-refractivity contribution in [2.24, 2.45) is 0 Å². The van der Waals surface area contributed by atoms with Crippen LogP contribution in [0.5, 0.6) is 11.5 Å². The maximum Gasteiger partial charge on any atom is 0.181 e. The van der Waals surface area contributed by atoms with Crippen molar-refractivity contribution in [2.45, 2.75) is 0 Å². The minimum Gasteiger partial charge on any atom is -0.504 e. The van der Waals surface area contributed by atoms with Gasteiger partial charge in [-0.25, -0.2) is 15.0 Å². The van der Waals surface area contributed by atoms with Crippen LogP contribution in [0.2, 0.25) is 0 Å².